The van der Waals surface area contributed by atoms with Crippen LogP contribution in [-0.4, -0.2) is 64.8 Å². The predicted octanol–water partition coefficient (Wildman–Crippen LogP) is 1.52. The summed E-state index contributed by atoms with van der Waals surface area (Å²) in [4.78, 5) is 6.46. The molecule has 0 bridgehead atoms. The van der Waals surface area contributed by atoms with Crippen LogP contribution in [0.5, 0.6) is 0 Å². The standard InChI is InChI=1S/C18H27FN4O3S.HI/c1-2-20-18(22-15-5-10-27(24,25)13-15)21-12-14-3-4-17(16(19)11-14)23-6-8-26-9-7-23;/h3-4,11,15H,2,5-10,12-13H2,1H3,(H2,20,21,22);1H. The van der Waals surface area contributed by atoms with Gasteiger partial charge in [-0.3, -0.25) is 0 Å². The normalized spacial score (nSPS) is 21.9. The fraction of sp³-hybridized carbons (Fsp3) is 0.611. The lowest BCUT2D eigenvalue weighted by Crippen LogP contribution is -2.44. The van der Waals surface area contributed by atoms with Crippen molar-refractivity contribution >= 4 is 45.5 Å². The molecule has 2 saturated heterocycles. The third-order valence-electron chi connectivity index (χ3n) is 4.70. The Balaban J connectivity index is 0.00000280. The summed E-state index contributed by atoms with van der Waals surface area (Å²) in [5.41, 5.74) is 1.35. The monoisotopic (exact) mass is 526 g/mol. The van der Waals surface area contributed by atoms with E-state index < -0.39 is 9.84 Å². The molecule has 2 aliphatic rings. The van der Waals surface area contributed by atoms with Crippen LogP contribution >= 0.6 is 24.0 Å². The van der Waals surface area contributed by atoms with Crippen LogP contribution in [0.3, 0.4) is 0 Å². The second-order valence-corrected chi connectivity index (χ2v) is 9.05. The van der Waals surface area contributed by atoms with Crippen molar-refractivity contribution in [1.29, 1.82) is 0 Å². The summed E-state index contributed by atoms with van der Waals surface area (Å²) in [6, 6.07) is 5.04. The van der Waals surface area contributed by atoms with Crippen LogP contribution < -0.4 is 15.5 Å². The number of morpholine rings is 1. The van der Waals surface area contributed by atoms with E-state index >= 15 is 0 Å². The number of rotatable bonds is 5. The molecule has 0 radical (unpaired) electrons. The molecule has 1 unspecified atom stereocenters. The van der Waals surface area contributed by atoms with Crippen LogP contribution in [0.15, 0.2) is 23.2 Å². The van der Waals surface area contributed by atoms with E-state index in [1.807, 2.05) is 17.9 Å². The second-order valence-electron chi connectivity index (χ2n) is 6.82. The van der Waals surface area contributed by atoms with Crippen LogP contribution in [0.25, 0.3) is 0 Å². The van der Waals surface area contributed by atoms with Gasteiger partial charge in [-0.25, -0.2) is 17.8 Å². The van der Waals surface area contributed by atoms with Gasteiger partial charge in [0.25, 0.3) is 0 Å². The van der Waals surface area contributed by atoms with Crippen LogP contribution in [-0.2, 0) is 21.1 Å². The quantitative estimate of drug-likeness (QED) is 0.344. The molecule has 7 nitrogen and oxygen atoms in total. The Morgan fingerprint density at radius 2 is 2.11 bits per heavy atom. The molecule has 0 amide bonds. The Bertz CT molecular complexity index is 785. The smallest absolute Gasteiger partial charge is 0.191 e. The van der Waals surface area contributed by atoms with Crippen LogP contribution in [0.1, 0.15) is 18.9 Å². The Kier molecular flexibility index (Phi) is 8.75. The Hall–Kier alpha value is -1.14. The van der Waals surface area contributed by atoms with Crippen molar-refractivity contribution in [2.45, 2.75) is 25.9 Å². The van der Waals surface area contributed by atoms with Crippen LogP contribution in [0.4, 0.5) is 10.1 Å². The molecule has 28 heavy (non-hydrogen) atoms. The fourth-order valence-corrected chi connectivity index (χ4v) is 4.98. The minimum Gasteiger partial charge on any atom is -0.378 e. The van der Waals surface area contributed by atoms with Gasteiger partial charge in [0.2, 0.25) is 0 Å². The van der Waals surface area contributed by atoms with Crippen molar-refractivity contribution in [3.63, 3.8) is 0 Å². The van der Waals surface area contributed by atoms with E-state index in [1.54, 1.807) is 6.07 Å². The maximum atomic E-state index is 14.5. The highest BCUT2D eigenvalue weighted by Gasteiger charge is 2.28. The molecule has 3 rings (SSSR count). The maximum Gasteiger partial charge on any atom is 0.191 e. The van der Waals surface area contributed by atoms with Gasteiger partial charge in [-0.2, -0.15) is 0 Å². The number of hydrogen-bond donors (Lipinski definition) is 2. The maximum absolute atomic E-state index is 14.5. The number of anilines is 1. The molecule has 2 N–H and O–H groups in total. The second kappa shape index (κ2) is 10.6. The SMILES string of the molecule is CCNC(=NCc1ccc(N2CCOCC2)c(F)c1)NC1CCS(=O)(=O)C1.I. The topological polar surface area (TPSA) is 83.0 Å². The average molecular weight is 526 g/mol. The number of benzene rings is 1. The molecule has 1 atom stereocenters. The number of guanidine groups is 1. The third-order valence-corrected chi connectivity index (χ3v) is 6.47. The van der Waals surface area contributed by atoms with Gasteiger partial charge in [0, 0.05) is 25.7 Å². The number of aliphatic imine (C=N–C) groups is 1. The minimum absolute atomic E-state index is 0. The van der Waals surface area contributed by atoms with Gasteiger partial charge < -0.3 is 20.3 Å². The zero-order chi connectivity index (χ0) is 19.3. The number of halogens is 2. The summed E-state index contributed by atoms with van der Waals surface area (Å²) in [6.07, 6.45) is 0.579. The number of hydrogen-bond acceptors (Lipinski definition) is 5. The van der Waals surface area contributed by atoms with Gasteiger partial charge >= 0.3 is 0 Å². The molecule has 0 saturated carbocycles. The highest BCUT2D eigenvalue weighted by Crippen LogP contribution is 2.22. The first-order chi connectivity index (χ1) is 13.0. The molecule has 0 spiro atoms. The van der Waals surface area contributed by atoms with Crippen molar-refractivity contribution < 1.29 is 17.5 Å². The number of ether oxygens (including phenoxy) is 1. The van der Waals surface area contributed by atoms with E-state index in [4.69, 9.17) is 4.74 Å². The van der Waals surface area contributed by atoms with Crippen molar-refractivity contribution in [3.05, 3.63) is 29.6 Å². The number of nitrogens with one attached hydrogen (secondary N) is 2. The van der Waals surface area contributed by atoms with Gasteiger partial charge in [-0.05, 0) is 31.0 Å². The molecule has 10 heteroatoms. The summed E-state index contributed by atoms with van der Waals surface area (Å²) < 4.78 is 43.0. The van der Waals surface area contributed by atoms with Gasteiger partial charge in [0.1, 0.15) is 5.82 Å². The van der Waals surface area contributed by atoms with E-state index in [-0.39, 0.29) is 47.3 Å². The first kappa shape index (κ1) is 23.1. The largest absolute Gasteiger partial charge is 0.378 e. The molecular weight excluding hydrogens is 498 g/mol. The Morgan fingerprint density at radius 3 is 2.71 bits per heavy atom. The van der Waals surface area contributed by atoms with E-state index in [9.17, 15) is 12.8 Å². The summed E-state index contributed by atoms with van der Waals surface area (Å²) in [6.45, 7) is 5.52. The van der Waals surface area contributed by atoms with Gasteiger partial charge in [-0.15, -0.1) is 24.0 Å². The van der Waals surface area contributed by atoms with E-state index in [0.717, 1.165) is 5.56 Å². The minimum atomic E-state index is -2.95. The zero-order valence-corrected chi connectivity index (χ0v) is 19.1. The number of nitrogens with zero attached hydrogens (tertiary/aromatic N) is 2. The molecule has 2 fully saturated rings. The summed E-state index contributed by atoms with van der Waals surface area (Å²) in [5, 5.41) is 6.28. The highest BCUT2D eigenvalue weighted by atomic mass is 127. The molecular formula is C18H28FIN4O3S. The Labute approximate surface area is 183 Å². The molecule has 2 heterocycles. The average Bonchev–Trinajstić information content (AvgIpc) is 2.99. The van der Waals surface area contributed by atoms with Gasteiger partial charge in [-0.1, -0.05) is 6.07 Å². The zero-order valence-electron chi connectivity index (χ0n) is 16.0. The molecule has 1 aromatic rings. The lowest BCUT2D eigenvalue weighted by molar-refractivity contribution is 0.122. The first-order valence-electron chi connectivity index (χ1n) is 9.33. The van der Waals surface area contributed by atoms with Gasteiger partial charge in [0.05, 0.1) is 37.0 Å². The summed E-state index contributed by atoms with van der Waals surface area (Å²) in [7, 11) is -2.95. The van der Waals surface area contributed by atoms with Crippen molar-refractivity contribution in [2.75, 3.05) is 49.3 Å². The molecule has 0 aliphatic carbocycles. The molecule has 1 aromatic carbocycles. The van der Waals surface area contributed by atoms with E-state index in [1.165, 1.54) is 6.07 Å². The molecule has 2 aliphatic heterocycles. The fourth-order valence-electron chi connectivity index (χ4n) is 3.30. The van der Waals surface area contributed by atoms with Crippen molar-refractivity contribution in [3.8, 4) is 0 Å². The molecule has 0 aromatic heterocycles. The summed E-state index contributed by atoms with van der Waals surface area (Å²) in [5.74, 6) is 0.625. The van der Waals surface area contributed by atoms with Crippen LogP contribution in [0, 0.1) is 5.82 Å². The third kappa shape index (κ3) is 6.45. The Morgan fingerprint density at radius 1 is 1.36 bits per heavy atom. The van der Waals surface area contributed by atoms with Crippen molar-refractivity contribution in [1.82, 2.24) is 10.6 Å². The van der Waals surface area contributed by atoms with E-state index in [0.29, 0.717) is 57.5 Å². The summed E-state index contributed by atoms with van der Waals surface area (Å²) >= 11 is 0. The van der Waals surface area contributed by atoms with Crippen LogP contribution in [0.2, 0.25) is 0 Å². The lowest BCUT2D eigenvalue weighted by atomic mass is 10.1. The van der Waals surface area contributed by atoms with Gasteiger partial charge in [0.15, 0.2) is 15.8 Å². The van der Waals surface area contributed by atoms with Crippen molar-refractivity contribution in [2.24, 2.45) is 4.99 Å². The lowest BCUT2D eigenvalue weighted by Gasteiger charge is -2.29. The first-order valence-corrected chi connectivity index (χ1v) is 11.2. The molecule has 158 valence electrons. The highest BCUT2D eigenvalue weighted by molar-refractivity contribution is 14.0. The predicted molar refractivity (Wildman–Crippen MR) is 120 cm³/mol. The van der Waals surface area contributed by atoms with E-state index in [2.05, 4.69) is 15.6 Å². The number of sulfone groups is 1.